The van der Waals surface area contributed by atoms with E-state index in [9.17, 15) is 9.59 Å². The number of rotatable bonds is 3. The molecule has 3 aliphatic rings. The first-order valence-corrected chi connectivity index (χ1v) is 7.58. The number of carbonyl (C=O) groups is 2. The van der Waals surface area contributed by atoms with Gasteiger partial charge in [-0.2, -0.15) is 0 Å². The van der Waals surface area contributed by atoms with Crippen molar-refractivity contribution >= 4 is 23.4 Å². The highest BCUT2D eigenvalue weighted by molar-refractivity contribution is 6.30. The van der Waals surface area contributed by atoms with Crippen molar-refractivity contribution in [2.24, 2.45) is 11.8 Å². The third-order valence-corrected chi connectivity index (χ3v) is 4.97. The minimum Gasteiger partial charge on any atom is -0.333 e. The molecular weight excluding hydrogens is 264 g/mol. The second-order valence-corrected chi connectivity index (χ2v) is 6.32. The Morgan fingerprint density at radius 1 is 1.21 bits per heavy atom. The van der Waals surface area contributed by atoms with Gasteiger partial charge in [-0.05, 0) is 12.8 Å². The zero-order valence-electron chi connectivity index (χ0n) is 11.0. The van der Waals surface area contributed by atoms with Crippen molar-refractivity contribution in [2.75, 3.05) is 26.2 Å². The van der Waals surface area contributed by atoms with Crippen LogP contribution < -0.4 is 4.90 Å². The lowest BCUT2D eigenvalue weighted by Crippen LogP contribution is -3.10. The molecule has 0 aromatic carbocycles. The molecule has 2 saturated heterocycles. The number of nitrogens with one attached hydrogen (secondary N) is 1. The summed E-state index contributed by atoms with van der Waals surface area (Å²) in [4.78, 5) is 27.6. The Hall–Kier alpha value is -0.870. The van der Waals surface area contributed by atoms with E-state index >= 15 is 0 Å². The van der Waals surface area contributed by atoms with E-state index in [1.54, 1.807) is 0 Å². The molecule has 4 nitrogen and oxygen atoms in total. The molecule has 0 radical (unpaired) electrons. The van der Waals surface area contributed by atoms with Gasteiger partial charge in [-0.1, -0.05) is 17.7 Å². The number of halogens is 1. The van der Waals surface area contributed by atoms with Crippen LogP contribution in [-0.2, 0) is 9.59 Å². The molecule has 1 N–H and O–H groups in total. The molecule has 1 aliphatic carbocycles. The van der Waals surface area contributed by atoms with Crippen molar-refractivity contribution in [3.63, 3.8) is 0 Å². The van der Waals surface area contributed by atoms with Gasteiger partial charge >= 0.3 is 0 Å². The molecule has 2 heterocycles. The molecule has 104 valence electrons. The van der Waals surface area contributed by atoms with Crippen LogP contribution in [0.15, 0.2) is 11.1 Å². The zero-order chi connectivity index (χ0) is 13.4. The van der Waals surface area contributed by atoms with E-state index in [1.165, 1.54) is 35.7 Å². The maximum absolute atomic E-state index is 12.3. The monoisotopic (exact) mass is 283 g/mol. The first kappa shape index (κ1) is 13.1. The van der Waals surface area contributed by atoms with E-state index < -0.39 is 0 Å². The molecular formula is C14H20ClN2O2+. The molecule has 0 unspecified atom stereocenters. The summed E-state index contributed by atoms with van der Waals surface area (Å²) in [6.45, 7) is 3.84. The number of likely N-dealkylation sites (tertiary alicyclic amines) is 2. The van der Waals surface area contributed by atoms with Crippen LogP contribution in [0.3, 0.4) is 0 Å². The maximum atomic E-state index is 12.3. The lowest BCUT2D eigenvalue weighted by atomic mass is 9.85. The fourth-order valence-corrected chi connectivity index (χ4v) is 3.77. The number of amides is 2. The average Bonchev–Trinajstić information content (AvgIpc) is 2.98. The highest BCUT2D eigenvalue weighted by Gasteiger charge is 2.48. The summed E-state index contributed by atoms with van der Waals surface area (Å²) in [7, 11) is 0. The molecule has 0 bridgehead atoms. The third-order valence-electron chi connectivity index (χ3n) is 4.66. The van der Waals surface area contributed by atoms with Gasteiger partial charge in [-0.25, -0.2) is 0 Å². The number of carbonyl (C=O) groups excluding carboxylic acids is 2. The van der Waals surface area contributed by atoms with E-state index in [4.69, 9.17) is 11.6 Å². The summed E-state index contributed by atoms with van der Waals surface area (Å²) in [5.74, 6) is -0.323. The standard InChI is InChI=1S/C14H19ClN2O2/c15-10-3-4-11-12(9-10)14(19)17(13(11)18)8-7-16-5-1-2-6-16/h3,11-12H,1-2,4-9H2/p+1/t11-,12-/m0/s1. The minimum atomic E-state index is -0.196. The molecule has 2 amide bonds. The molecule has 0 aromatic heterocycles. The van der Waals surface area contributed by atoms with Crippen LogP contribution >= 0.6 is 11.6 Å². The first-order chi connectivity index (χ1) is 9.16. The van der Waals surface area contributed by atoms with Crippen LogP contribution in [0, 0.1) is 11.8 Å². The van der Waals surface area contributed by atoms with Gasteiger partial charge in [-0.3, -0.25) is 14.5 Å². The van der Waals surface area contributed by atoms with E-state index in [-0.39, 0.29) is 23.7 Å². The number of quaternary nitrogens is 1. The third kappa shape index (κ3) is 2.43. The highest BCUT2D eigenvalue weighted by atomic mass is 35.5. The molecule has 5 heteroatoms. The smallest absolute Gasteiger partial charge is 0.233 e. The van der Waals surface area contributed by atoms with Gasteiger partial charge in [0, 0.05) is 17.9 Å². The second-order valence-electron chi connectivity index (χ2n) is 5.84. The van der Waals surface area contributed by atoms with Crippen LogP contribution in [0.5, 0.6) is 0 Å². The van der Waals surface area contributed by atoms with Crippen LogP contribution in [0.4, 0.5) is 0 Å². The van der Waals surface area contributed by atoms with Crippen LogP contribution in [0.2, 0.25) is 0 Å². The summed E-state index contributed by atoms with van der Waals surface area (Å²) in [6, 6.07) is 0. The van der Waals surface area contributed by atoms with Crippen molar-refractivity contribution in [1.82, 2.24) is 4.90 Å². The Morgan fingerprint density at radius 2 is 1.89 bits per heavy atom. The normalized spacial score (nSPS) is 31.8. The SMILES string of the molecule is O=C1[C@H]2CC=C(Cl)C[C@@H]2C(=O)N1CC[NH+]1CCCC1. The minimum absolute atomic E-state index is 0.000142. The van der Waals surface area contributed by atoms with Crippen molar-refractivity contribution in [3.05, 3.63) is 11.1 Å². The quantitative estimate of drug-likeness (QED) is 0.751. The number of hydrogen-bond acceptors (Lipinski definition) is 2. The molecule has 0 aromatic rings. The van der Waals surface area contributed by atoms with Crippen molar-refractivity contribution in [2.45, 2.75) is 25.7 Å². The second kappa shape index (κ2) is 5.25. The molecule has 2 atom stereocenters. The number of imide groups is 1. The number of nitrogens with zero attached hydrogens (tertiary/aromatic N) is 1. The number of fused-ring (bicyclic) bond motifs is 1. The summed E-state index contributed by atoms with van der Waals surface area (Å²) in [5, 5.41) is 0.731. The lowest BCUT2D eigenvalue weighted by Gasteiger charge is -2.18. The van der Waals surface area contributed by atoms with Crippen molar-refractivity contribution < 1.29 is 14.5 Å². The maximum Gasteiger partial charge on any atom is 0.233 e. The Morgan fingerprint density at radius 3 is 2.63 bits per heavy atom. The average molecular weight is 284 g/mol. The van der Waals surface area contributed by atoms with E-state index in [0.29, 0.717) is 19.4 Å². The van der Waals surface area contributed by atoms with E-state index in [1.807, 2.05) is 6.08 Å². The zero-order valence-corrected chi connectivity index (χ0v) is 11.8. The predicted octanol–water partition coefficient (Wildman–Crippen LogP) is 0.183. The Kier molecular flexibility index (Phi) is 3.63. The summed E-state index contributed by atoms with van der Waals surface area (Å²) in [5.41, 5.74) is 0. The van der Waals surface area contributed by atoms with Crippen LogP contribution in [0.1, 0.15) is 25.7 Å². The Balaban J connectivity index is 1.63. The molecule has 2 aliphatic heterocycles. The Labute approximate surface area is 118 Å². The van der Waals surface area contributed by atoms with Gasteiger partial charge in [0.2, 0.25) is 11.8 Å². The fourth-order valence-electron chi connectivity index (χ4n) is 3.51. The molecule has 0 spiro atoms. The number of hydrogen-bond donors (Lipinski definition) is 1. The van der Waals surface area contributed by atoms with E-state index in [0.717, 1.165) is 11.6 Å². The summed E-state index contributed by atoms with van der Waals surface area (Å²) in [6.07, 6.45) is 5.60. The summed E-state index contributed by atoms with van der Waals surface area (Å²) >= 11 is 6.00. The summed E-state index contributed by atoms with van der Waals surface area (Å²) < 4.78 is 0. The largest absolute Gasteiger partial charge is 0.333 e. The van der Waals surface area contributed by atoms with Gasteiger partial charge < -0.3 is 4.90 Å². The molecule has 0 saturated carbocycles. The molecule has 3 rings (SSSR count). The van der Waals surface area contributed by atoms with Gasteiger partial charge in [0.15, 0.2) is 0 Å². The van der Waals surface area contributed by atoms with Crippen molar-refractivity contribution in [1.29, 1.82) is 0 Å². The lowest BCUT2D eigenvalue weighted by molar-refractivity contribution is -0.886. The highest BCUT2D eigenvalue weighted by Crippen LogP contribution is 2.38. The predicted molar refractivity (Wildman–Crippen MR) is 71.7 cm³/mol. The van der Waals surface area contributed by atoms with Crippen LogP contribution in [0.25, 0.3) is 0 Å². The van der Waals surface area contributed by atoms with Gasteiger partial charge in [0.25, 0.3) is 0 Å². The topological polar surface area (TPSA) is 41.8 Å². The fraction of sp³-hybridized carbons (Fsp3) is 0.714. The van der Waals surface area contributed by atoms with Crippen molar-refractivity contribution in [3.8, 4) is 0 Å². The van der Waals surface area contributed by atoms with Gasteiger partial charge in [0.05, 0.1) is 38.0 Å². The number of allylic oxidation sites excluding steroid dienone is 2. The molecule has 19 heavy (non-hydrogen) atoms. The first-order valence-electron chi connectivity index (χ1n) is 7.20. The van der Waals surface area contributed by atoms with E-state index in [2.05, 4.69) is 0 Å². The molecule has 2 fully saturated rings. The van der Waals surface area contributed by atoms with Crippen LogP contribution in [-0.4, -0.2) is 42.9 Å². The Bertz CT molecular complexity index is 429. The van der Waals surface area contributed by atoms with Gasteiger partial charge in [-0.15, -0.1) is 0 Å². The van der Waals surface area contributed by atoms with Gasteiger partial charge in [0.1, 0.15) is 0 Å².